The van der Waals surface area contributed by atoms with Gasteiger partial charge in [-0.25, -0.2) is 0 Å². The number of aliphatic carboxylic acids is 1. The molecule has 4 heteroatoms. The van der Waals surface area contributed by atoms with Crippen LogP contribution in [0.4, 0.5) is 5.69 Å². The van der Waals surface area contributed by atoms with Gasteiger partial charge in [-0.2, -0.15) is 0 Å². The van der Waals surface area contributed by atoms with E-state index in [9.17, 15) is 4.79 Å². The second-order valence-electron chi connectivity index (χ2n) is 4.26. The predicted molar refractivity (Wildman–Crippen MR) is 58.9 cm³/mol. The zero-order chi connectivity index (χ0) is 11.5. The fourth-order valence-corrected chi connectivity index (χ4v) is 1.33. The zero-order valence-corrected chi connectivity index (χ0v) is 9.27. The van der Waals surface area contributed by atoms with Gasteiger partial charge in [-0.15, -0.1) is 0 Å². The summed E-state index contributed by atoms with van der Waals surface area (Å²) in [4.78, 5) is 16.8. The number of aromatic nitrogens is 1. The summed E-state index contributed by atoms with van der Waals surface area (Å²) in [5, 5.41) is 8.99. The molecule has 1 N–H and O–H groups in total. The number of carbonyl (C=O) groups is 1. The molecule has 1 aromatic rings. The molecule has 0 aliphatic heterocycles. The van der Waals surface area contributed by atoms with Crippen molar-refractivity contribution in [1.82, 2.24) is 4.98 Å². The van der Waals surface area contributed by atoms with Crippen LogP contribution in [0.2, 0.25) is 0 Å². The Balaban J connectivity index is 2.72. The van der Waals surface area contributed by atoms with Crippen LogP contribution < -0.4 is 4.90 Å². The highest BCUT2D eigenvalue weighted by Crippen LogP contribution is 2.20. The van der Waals surface area contributed by atoms with Gasteiger partial charge in [0.2, 0.25) is 0 Å². The van der Waals surface area contributed by atoms with Gasteiger partial charge in [0, 0.05) is 19.8 Å². The van der Waals surface area contributed by atoms with E-state index in [2.05, 4.69) is 4.98 Å². The molecule has 0 fully saturated rings. The van der Waals surface area contributed by atoms with Gasteiger partial charge in [0.25, 0.3) is 0 Å². The molecular weight excluding hydrogens is 192 g/mol. The third-order valence-corrected chi connectivity index (χ3v) is 2.30. The second-order valence-corrected chi connectivity index (χ2v) is 4.26. The van der Waals surface area contributed by atoms with Crippen LogP contribution in [0.5, 0.6) is 0 Å². The predicted octanol–water partition coefficient (Wildman–Crippen LogP) is 1.63. The first-order valence-corrected chi connectivity index (χ1v) is 4.78. The Labute approximate surface area is 89.6 Å². The SMILES string of the molecule is CN(CC(C)(C)C(=O)O)c1cccnc1. The summed E-state index contributed by atoms with van der Waals surface area (Å²) in [6, 6.07) is 3.74. The largest absolute Gasteiger partial charge is 0.481 e. The normalized spacial score (nSPS) is 11.1. The minimum Gasteiger partial charge on any atom is -0.481 e. The molecule has 0 spiro atoms. The minimum atomic E-state index is -0.793. The molecule has 0 amide bonds. The van der Waals surface area contributed by atoms with Crippen molar-refractivity contribution < 1.29 is 9.90 Å². The summed E-state index contributed by atoms with van der Waals surface area (Å²) in [6.45, 7) is 3.87. The van der Waals surface area contributed by atoms with Crippen molar-refractivity contribution in [2.45, 2.75) is 13.8 Å². The molecule has 0 radical (unpaired) electrons. The lowest BCUT2D eigenvalue weighted by Gasteiger charge is -2.27. The van der Waals surface area contributed by atoms with Crippen molar-refractivity contribution in [3.8, 4) is 0 Å². The summed E-state index contributed by atoms with van der Waals surface area (Å²) in [6.07, 6.45) is 3.41. The van der Waals surface area contributed by atoms with Gasteiger partial charge in [0.1, 0.15) is 0 Å². The maximum absolute atomic E-state index is 10.9. The highest BCUT2D eigenvalue weighted by atomic mass is 16.4. The first-order valence-electron chi connectivity index (χ1n) is 4.78. The van der Waals surface area contributed by atoms with E-state index in [1.165, 1.54) is 0 Å². The number of anilines is 1. The summed E-state index contributed by atoms with van der Waals surface area (Å²) in [5.74, 6) is -0.793. The number of pyridine rings is 1. The van der Waals surface area contributed by atoms with Crippen molar-refractivity contribution in [3.05, 3.63) is 24.5 Å². The first-order chi connectivity index (χ1) is 6.93. The fraction of sp³-hybridized carbons (Fsp3) is 0.455. The number of carboxylic acids is 1. The molecule has 0 saturated carbocycles. The molecule has 1 heterocycles. The number of rotatable bonds is 4. The summed E-state index contributed by atoms with van der Waals surface area (Å²) >= 11 is 0. The van der Waals surface area contributed by atoms with E-state index < -0.39 is 11.4 Å². The maximum Gasteiger partial charge on any atom is 0.310 e. The van der Waals surface area contributed by atoms with Gasteiger partial charge in [-0.1, -0.05) is 0 Å². The number of carboxylic acid groups (broad SMARTS) is 1. The van der Waals surface area contributed by atoms with Crippen molar-refractivity contribution in [3.63, 3.8) is 0 Å². The average Bonchev–Trinajstić information content (AvgIpc) is 2.18. The summed E-state index contributed by atoms with van der Waals surface area (Å²) < 4.78 is 0. The number of nitrogens with zero attached hydrogens (tertiary/aromatic N) is 2. The third kappa shape index (κ3) is 2.94. The van der Waals surface area contributed by atoms with E-state index in [4.69, 9.17) is 5.11 Å². The highest BCUT2D eigenvalue weighted by Gasteiger charge is 2.28. The van der Waals surface area contributed by atoms with Crippen molar-refractivity contribution >= 4 is 11.7 Å². The standard InChI is InChI=1S/C11H16N2O2/c1-11(2,10(14)15)8-13(3)9-5-4-6-12-7-9/h4-7H,8H2,1-3H3,(H,14,15). The Kier molecular flexibility index (Phi) is 3.29. The van der Waals surface area contributed by atoms with Gasteiger partial charge < -0.3 is 10.0 Å². The molecule has 0 saturated heterocycles. The van der Waals surface area contributed by atoms with Crippen LogP contribution in [0.3, 0.4) is 0 Å². The maximum atomic E-state index is 10.9. The molecule has 4 nitrogen and oxygen atoms in total. The lowest BCUT2D eigenvalue weighted by Crippen LogP contribution is -2.37. The Morgan fingerprint density at radius 2 is 2.27 bits per heavy atom. The molecule has 0 atom stereocenters. The molecule has 0 aliphatic rings. The Morgan fingerprint density at radius 1 is 1.60 bits per heavy atom. The van der Waals surface area contributed by atoms with Crippen LogP contribution in [0.1, 0.15) is 13.8 Å². The molecule has 1 aromatic heterocycles. The fourth-order valence-electron chi connectivity index (χ4n) is 1.33. The molecule has 0 aliphatic carbocycles. The zero-order valence-electron chi connectivity index (χ0n) is 9.27. The summed E-state index contributed by atoms with van der Waals surface area (Å²) in [7, 11) is 1.86. The van der Waals surface area contributed by atoms with E-state index in [0.29, 0.717) is 6.54 Å². The van der Waals surface area contributed by atoms with Gasteiger partial charge in [0.15, 0.2) is 0 Å². The number of hydrogen-bond donors (Lipinski definition) is 1. The molecule has 82 valence electrons. The van der Waals surface area contributed by atoms with E-state index in [0.717, 1.165) is 5.69 Å². The van der Waals surface area contributed by atoms with E-state index in [1.54, 1.807) is 26.2 Å². The monoisotopic (exact) mass is 208 g/mol. The molecule has 0 unspecified atom stereocenters. The van der Waals surface area contributed by atoms with E-state index in [-0.39, 0.29) is 0 Å². The lowest BCUT2D eigenvalue weighted by atomic mass is 9.93. The van der Waals surface area contributed by atoms with Crippen LogP contribution in [0.25, 0.3) is 0 Å². The molecule has 0 aromatic carbocycles. The van der Waals surface area contributed by atoms with E-state index in [1.807, 2.05) is 24.1 Å². The van der Waals surface area contributed by atoms with Crippen LogP contribution in [0.15, 0.2) is 24.5 Å². The summed E-state index contributed by atoms with van der Waals surface area (Å²) in [5.41, 5.74) is 0.164. The minimum absolute atomic E-state index is 0.452. The van der Waals surface area contributed by atoms with Crippen LogP contribution >= 0.6 is 0 Å². The molecule has 1 rings (SSSR count). The van der Waals surface area contributed by atoms with Gasteiger partial charge >= 0.3 is 5.97 Å². The third-order valence-electron chi connectivity index (χ3n) is 2.30. The molecular formula is C11H16N2O2. The highest BCUT2D eigenvalue weighted by molar-refractivity contribution is 5.74. The quantitative estimate of drug-likeness (QED) is 0.817. The smallest absolute Gasteiger partial charge is 0.310 e. The van der Waals surface area contributed by atoms with Gasteiger partial charge in [0.05, 0.1) is 17.3 Å². The average molecular weight is 208 g/mol. The second kappa shape index (κ2) is 4.29. The molecule has 15 heavy (non-hydrogen) atoms. The Morgan fingerprint density at radius 3 is 2.73 bits per heavy atom. The lowest BCUT2D eigenvalue weighted by molar-refractivity contribution is -0.146. The first kappa shape index (κ1) is 11.5. The topological polar surface area (TPSA) is 53.4 Å². The van der Waals surface area contributed by atoms with Gasteiger partial charge in [-0.3, -0.25) is 9.78 Å². The number of hydrogen-bond acceptors (Lipinski definition) is 3. The van der Waals surface area contributed by atoms with Crippen molar-refractivity contribution in [2.75, 3.05) is 18.5 Å². The van der Waals surface area contributed by atoms with Gasteiger partial charge in [-0.05, 0) is 26.0 Å². The van der Waals surface area contributed by atoms with Crippen LogP contribution in [-0.4, -0.2) is 29.7 Å². The van der Waals surface area contributed by atoms with Crippen molar-refractivity contribution in [2.24, 2.45) is 5.41 Å². The van der Waals surface area contributed by atoms with Crippen molar-refractivity contribution in [1.29, 1.82) is 0 Å². The Hall–Kier alpha value is -1.58. The van der Waals surface area contributed by atoms with Crippen LogP contribution in [-0.2, 0) is 4.79 Å². The molecule has 0 bridgehead atoms. The Bertz CT molecular complexity index is 336. The van der Waals surface area contributed by atoms with E-state index >= 15 is 0 Å². The van der Waals surface area contributed by atoms with Crippen LogP contribution in [0, 0.1) is 5.41 Å².